The third kappa shape index (κ3) is 3.89. The molecule has 1 heterocycles. The van der Waals surface area contributed by atoms with E-state index in [0.29, 0.717) is 5.75 Å². The predicted octanol–water partition coefficient (Wildman–Crippen LogP) is 4.68. The van der Waals surface area contributed by atoms with E-state index in [2.05, 4.69) is 0 Å². The van der Waals surface area contributed by atoms with E-state index in [1.165, 1.54) is 25.3 Å². The smallest absolute Gasteiger partial charge is 0.348 e. The number of methoxy groups -OCH3 is 1. The Balaban J connectivity index is 2.03. The number of fused-ring (bicyclic) bond motifs is 1. The summed E-state index contributed by atoms with van der Waals surface area (Å²) in [6.07, 6.45) is 0. The summed E-state index contributed by atoms with van der Waals surface area (Å²) in [7, 11) is -2.94. The van der Waals surface area contributed by atoms with Crippen LogP contribution in [0.1, 0.15) is 5.56 Å². The third-order valence-electron chi connectivity index (χ3n) is 4.70. The number of aryl methyl sites for hydroxylation is 1. The van der Waals surface area contributed by atoms with Gasteiger partial charge in [0.15, 0.2) is 5.75 Å². The van der Waals surface area contributed by atoms with Gasteiger partial charge in [-0.15, -0.1) is 0 Å². The van der Waals surface area contributed by atoms with Gasteiger partial charge < -0.3 is 13.3 Å². The maximum Gasteiger partial charge on any atom is 0.348 e. The highest BCUT2D eigenvalue weighted by molar-refractivity contribution is 7.87. The summed E-state index contributed by atoms with van der Waals surface area (Å²) >= 11 is 0. The van der Waals surface area contributed by atoms with Crippen molar-refractivity contribution in [3.8, 4) is 22.6 Å². The standard InChI is InChI=1S/C23H17FO6S/c1-14-7-10-16(11-8-14)31(26,27)30-22-18-13-15(24)9-12-20(18)29-23(25)21(22)17-5-3-4-6-19(17)28-2/h3-13H,1-2H3. The summed E-state index contributed by atoms with van der Waals surface area (Å²) in [5, 5.41) is -0.00353. The first-order chi connectivity index (χ1) is 14.8. The molecule has 0 radical (unpaired) electrons. The van der Waals surface area contributed by atoms with E-state index in [1.54, 1.807) is 36.4 Å². The number of ether oxygens (including phenoxy) is 1. The van der Waals surface area contributed by atoms with E-state index in [4.69, 9.17) is 13.3 Å². The molecular weight excluding hydrogens is 423 g/mol. The van der Waals surface area contributed by atoms with Gasteiger partial charge in [-0.2, -0.15) is 8.42 Å². The fourth-order valence-electron chi connectivity index (χ4n) is 3.18. The third-order valence-corrected chi connectivity index (χ3v) is 5.93. The lowest BCUT2D eigenvalue weighted by molar-refractivity contribution is 0.415. The second-order valence-corrected chi connectivity index (χ2v) is 8.33. The topological polar surface area (TPSA) is 82.8 Å². The number of hydrogen-bond donors (Lipinski definition) is 0. The van der Waals surface area contributed by atoms with Gasteiger partial charge in [0.1, 0.15) is 27.6 Å². The summed E-state index contributed by atoms with van der Waals surface area (Å²) in [5.41, 5.74) is 0.0589. The van der Waals surface area contributed by atoms with Crippen LogP contribution in [0.4, 0.5) is 4.39 Å². The molecule has 1 aromatic heterocycles. The van der Waals surface area contributed by atoms with Crippen LogP contribution in [-0.4, -0.2) is 15.5 Å². The van der Waals surface area contributed by atoms with Gasteiger partial charge in [0, 0.05) is 5.56 Å². The Morgan fingerprint density at radius 3 is 2.39 bits per heavy atom. The van der Waals surface area contributed by atoms with Crippen molar-refractivity contribution in [1.82, 2.24) is 0 Å². The highest BCUT2D eigenvalue weighted by atomic mass is 32.2. The Labute approximate surface area is 177 Å². The van der Waals surface area contributed by atoms with Crippen LogP contribution in [0.5, 0.6) is 11.5 Å². The Morgan fingerprint density at radius 2 is 1.68 bits per heavy atom. The maximum absolute atomic E-state index is 14.0. The van der Waals surface area contributed by atoms with Gasteiger partial charge in [0.05, 0.1) is 12.5 Å². The molecule has 0 amide bonds. The molecule has 0 saturated carbocycles. The molecule has 0 aliphatic rings. The van der Waals surface area contributed by atoms with Crippen molar-refractivity contribution in [2.45, 2.75) is 11.8 Å². The van der Waals surface area contributed by atoms with Gasteiger partial charge in [-0.05, 0) is 43.3 Å². The van der Waals surface area contributed by atoms with Crippen molar-refractivity contribution in [3.63, 3.8) is 0 Å². The van der Waals surface area contributed by atoms with Crippen LogP contribution >= 0.6 is 0 Å². The van der Waals surface area contributed by atoms with Crippen molar-refractivity contribution in [2.24, 2.45) is 0 Å². The summed E-state index contributed by atoms with van der Waals surface area (Å²) < 4.78 is 56.2. The van der Waals surface area contributed by atoms with Crippen LogP contribution in [0.2, 0.25) is 0 Å². The van der Waals surface area contributed by atoms with Crippen LogP contribution in [0.15, 0.2) is 80.8 Å². The lowest BCUT2D eigenvalue weighted by Gasteiger charge is -2.15. The molecule has 158 valence electrons. The Kier molecular flexibility index (Phi) is 5.24. The average Bonchev–Trinajstić information content (AvgIpc) is 2.74. The van der Waals surface area contributed by atoms with Gasteiger partial charge in [-0.25, -0.2) is 9.18 Å². The maximum atomic E-state index is 14.0. The minimum absolute atomic E-state index is 0.00353. The molecule has 0 fully saturated rings. The highest BCUT2D eigenvalue weighted by Gasteiger charge is 2.26. The molecule has 0 N–H and O–H groups in total. The first-order valence-electron chi connectivity index (χ1n) is 9.21. The molecular formula is C23H17FO6S. The van der Waals surface area contributed by atoms with Crippen molar-refractivity contribution < 1.29 is 26.1 Å². The largest absolute Gasteiger partial charge is 0.496 e. The van der Waals surface area contributed by atoms with Gasteiger partial charge in [-0.3, -0.25) is 0 Å². The number of hydrogen-bond acceptors (Lipinski definition) is 6. The highest BCUT2D eigenvalue weighted by Crippen LogP contribution is 2.39. The van der Waals surface area contributed by atoms with Crippen LogP contribution in [0.3, 0.4) is 0 Å². The summed E-state index contributed by atoms with van der Waals surface area (Å²) in [6.45, 7) is 1.82. The summed E-state index contributed by atoms with van der Waals surface area (Å²) in [4.78, 5) is 12.8. The molecule has 0 spiro atoms. The molecule has 6 nitrogen and oxygen atoms in total. The lowest BCUT2D eigenvalue weighted by atomic mass is 10.0. The Bertz CT molecular complexity index is 1440. The van der Waals surface area contributed by atoms with Crippen molar-refractivity contribution >= 4 is 21.1 Å². The van der Waals surface area contributed by atoms with Gasteiger partial charge >= 0.3 is 15.7 Å². The zero-order chi connectivity index (χ0) is 22.2. The molecule has 0 unspecified atom stereocenters. The minimum Gasteiger partial charge on any atom is -0.496 e. The van der Waals surface area contributed by atoms with Crippen molar-refractivity contribution in [2.75, 3.05) is 7.11 Å². The summed E-state index contributed by atoms with van der Waals surface area (Å²) in [5.74, 6) is -0.691. The Hall–Kier alpha value is -3.65. The molecule has 0 atom stereocenters. The molecule has 4 aromatic rings. The quantitative estimate of drug-likeness (QED) is 0.331. The fourth-order valence-corrected chi connectivity index (χ4v) is 4.14. The van der Waals surface area contributed by atoms with Crippen molar-refractivity contribution in [3.05, 3.63) is 88.5 Å². The molecule has 31 heavy (non-hydrogen) atoms. The molecule has 4 rings (SSSR count). The van der Waals surface area contributed by atoms with E-state index < -0.39 is 21.6 Å². The van der Waals surface area contributed by atoms with Gasteiger partial charge in [0.25, 0.3) is 0 Å². The monoisotopic (exact) mass is 440 g/mol. The van der Waals surface area contributed by atoms with E-state index in [-0.39, 0.29) is 32.7 Å². The molecule has 8 heteroatoms. The van der Waals surface area contributed by atoms with Crippen LogP contribution in [0, 0.1) is 12.7 Å². The zero-order valence-corrected chi connectivity index (χ0v) is 17.4. The molecule has 0 bridgehead atoms. The summed E-state index contributed by atoms with van der Waals surface area (Å²) in [6, 6.07) is 15.9. The van der Waals surface area contributed by atoms with E-state index in [0.717, 1.165) is 17.7 Å². The van der Waals surface area contributed by atoms with E-state index >= 15 is 0 Å². The van der Waals surface area contributed by atoms with E-state index in [9.17, 15) is 17.6 Å². The molecule has 0 saturated heterocycles. The lowest BCUT2D eigenvalue weighted by Crippen LogP contribution is -2.14. The first kappa shape index (κ1) is 20.6. The molecule has 3 aromatic carbocycles. The van der Waals surface area contributed by atoms with Crippen LogP contribution in [0.25, 0.3) is 22.1 Å². The average molecular weight is 440 g/mol. The zero-order valence-electron chi connectivity index (χ0n) is 16.6. The van der Waals surface area contributed by atoms with E-state index in [1.807, 2.05) is 6.92 Å². The SMILES string of the molecule is COc1ccccc1-c1c(OS(=O)(=O)c2ccc(C)cc2)c2cc(F)ccc2oc1=O. The molecule has 0 aliphatic carbocycles. The number of para-hydroxylation sites is 1. The normalized spacial score (nSPS) is 11.5. The number of halogens is 1. The fraction of sp³-hybridized carbons (Fsp3) is 0.0870. The van der Waals surface area contributed by atoms with Crippen LogP contribution < -0.4 is 14.5 Å². The predicted molar refractivity (Wildman–Crippen MR) is 113 cm³/mol. The van der Waals surface area contributed by atoms with Gasteiger partial charge in [0.2, 0.25) is 0 Å². The molecule has 0 aliphatic heterocycles. The minimum atomic E-state index is -4.35. The number of rotatable bonds is 5. The second-order valence-electron chi connectivity index (χ2n) is 6.78. The first-order valence-corrected chi connectivity index (χ1v) is 10.6. The van der Waals surface area contributed by atoms with Crippen molar-refractivity contribution in [1.29, 1.82) is 0 Å². The van der Waals surface area contributed by atoms with Gasteiger partial charge in [-0.1, -0.05) is 35.9 Å². The van der Waals surface area contributed by atoms with Crippen LogP contribution in [-0.2, 0) is 10.1 Å². The Morgan fingerprint density at radius 1 is 0.968 bits per heavy atom. The number of benzene rings is 3. The second kappa shape index (κ2) is 7.88.